The van der Waals surface area contributed by atoms with E-state index in [9.17, 15) is 0 Å². The SMILES string of the molecule is COCCn1ncc(Cl)c1C(C)(C)C. The Hall–Kier alpha value is -0.540. The minimum absolute atomic E-state index is 0.0152. The molecule has 14 heavy (non-hydrogen) atoms. The van der Waals surface area contributed by atoms with Crippen molar-refractivity contribution in [2.45, 2.75) is 32.7 Å². The quantitative estimate of drug-likeness (QED) is 0.776. The molecular formula is C10H17ClN2O. The first-order chi connectivity index (χ1) is 6.46. The first-order valence-electron chi connectivity index (χ1n) is 4.67. The number of aromatic nitrogens is 2. The molecule has 3 nitrogen and oxygen atoms in total. The number of rotatable bonds is 3. The number of hydrogen-bond donors (Lipinski definition) is 0. The summed E-state index contributed by atoms with van der Waals surface area (Å²) in [5, 5.41) is 4.95. The van der Waals surface area contributed by atoms with Gasteiger partial charge in [0.25, 0.3) is 0 Å². The summed E-state index contributed by atoms with van der Waals surface area (Å²) in [6.07, 6.45) is 1.69. The third kappa shape index (κ3) is 2.49. The van der Waals surface area contributed by atoms with Crippen LogP contribution in [0.5, 0.6) is 0 Å². The van der Waals surface area contributed by atoms with Crippen LogP contribution in [0.3, 0.4) is 0 Å². The zero-order chi connectivity index (χ0) is 10.8. The number of methoxy groups -OCH3 is 1. The zero-order valence-electron chi connectivity index (χ0n) is 9.17. The summed E-state index contributed by atoms with van der Waals surface area (Å²) in [5.74, 6) is 0. The molecule has 0 aliphatic carbocycles. The minimum atomic E-state index is 0.0152. The smallest absolute Gasteiger partial charge is 0.0823 e. The van der Waals surface area contributed by atoms with Gasteiger partial charge >= 0.3 is 0 Å². The van der Waals surface area contributed by atoms with Crippen molar-refractivity contribution in [2.24, 2.45) is 0 Å². The third-order valence-electron chi connectivity index (χ3n) is 2.01. The van der Waals surface area contributed by atoms with E-state index in [-0.39, 0.29) is 5.41 Å². The first-order valence-corrected chi connectivity index (χ1v) is 5.05. The fourth-order valence-electron chi connectivity index (χ4n) is 1.46. The highest BCUT2D eigenvalue weighted by Crippen LogP contribution is 2.28. The van der Waals surface area contributed by atoms with Crippen LogP contribution in [0, 0.1) is 0 Å². The average Bonchev–Trinajstić information content (AvgIpc) is 2.42. The lowest BCUT2D eigenvalue weighted by molar-refractivity contribution is 0.181. The number of ether oxygens (including phenoxy) is 1. The molecule has 0 spiro atoms. The predicted molar refractivity (Wildman–Crippen MR) is 57.8 cm³/mol. The van der Waals surface area contributed by atoms with E-state index < -0.39 is 0 Å². The molecule has 0 saturated heterocycles. The Kier molecular flexibility index (Phi) is 3.56. The van der Waals surface area contributed by atoms with Gasteiger partial charge < -0.3 is 4.74 Å². The normalized spacial score (nSPS) is 12.1. The van der Waals surface area contributed by atoms with Gasteiger partial charge in [0.05, 0.1) is 30.1 Å². The maximum atomic E-state index is 6.08. The molecule has 0 aliphatic heterocycles. The lowest BCUT2D eigenvalue weighted by Crippen LogP contribution is -2.20. The largest absolute Gasteiger partial charge is 0.383 e. The molecule has 0 aromatic carbocycles. The highest BCUT2D eigenvalue weighted by atomic mass is 35.5. The Bertz CT molecular complexity index is 302. The summed E-state index contributed by atoms with van der Waals surface area (Å²) in [7, 11) is 1.68. The van der Waals surface area contributed by atoms with Crippen molar-refractivity contribution in [3.05, 3.63) is 16.9 Å². The first kappa shape index (κ1) is 11.5. The van der Waals surface area contributed by atoms with Crippen molar-refractivity contribution < 1.29 is 4.74 Å². The van der Waals surface area contributed by atoms with Crippen molar-refractivity contribution in [3.63, 3.8) is 0 Å². The highest BCUT2D eigenvalue weighted by molar-refractivity contribution is 6.31. The van der Waals surface area contributed by atoms with E-state index in [4.69, 9.17) is 16.3 Å². The van der Waals surface area contributed by atoms with Crippen LogP contribution in [0.1, 0.15) is 26.5 Å². The predicted octanol–water partition coefficient (Wildman–Crippen LogP) is 2.48. The van der Waals surface area contributed by atoms with E-state index >= 15 is 0 Å². The molecule has 0 fully saturated rings. The summed E-state index contributed by atoms with van der Waals surface area (Å²) in [5.41, 5.74) is 1.08. The van der Waals surface area contributed by atoms with E-state index in [1.807, 2.05) is 4.68 Å². The van der Waals surface area contributed by atoms with Crippen molar-refractivity contribution in [1.82, 2.24) is 9.78 Å². The molecule has 1 aromatic rings. The molecule has 4 heteroatoms. The molecule has 0 saturated carbocycles. The number of halogens is 1. The Morgan fingerprint density at radius 3 is 2.64 bits per heavy atom. The molecular weight excluding hydrogens is 200 g/mol. The van der Waals surface area contributed by atoms with Crippen LogP contribution in [-0.4, -0.2) is 23.5 Å². The molecule has 0 amide bonds. The van der Waals surface area contributed by atoms with E-state index in [0.29, 0.717) is 6.61 Å². The summed E-state index contributed by atoms with van der Waals surface area (Å²) in [4.78, 5) is 0. The maximum Gasteiger partial charge on any atom is 0.0823 e. The fraction of sp³-hybridized carbons (Fsp3) is 0.700. The van der Waals surface area contributed by atoms with E-state index in [0.717, 1.165) is 17.3 Å². The molecule has 0 N–H and O–H groups in total. The minimum Gasteiger partial charge on any atom is -0.383 e. The molecule has 0 unspecified atom stereocenters. The van der Waals surface area contributed by atoms with Gasteiger partial charge in [-0.2, -0.15) is 5.10 Å². The fourth-order valence-corrected chi connectivity index (χ4v) is 1.88. The Morgan fingerprint density at radius 2 is 2.14 bits per heavy atom. The zero-order valence-corrected chi connectivity index (χ0v) is 9.93. The second-order valence-electron chi connectivity index (χ2n) is 4.31. The summed E-state index contributed by atoms with van der Waals surface area (Å²) in [6.45, 7) is 7.77. The van der Waals surface area contributed by atoms with Crippen LogP contribution >= 0.6 is 11.6 Å². The van der Waals surface area contributed by atoms with Gasteiger partial charge in [0.1, 0.15) is 0 Å². The molecule has 0 aliphatic rings. The summed E-state index contributed by atoms with van der Waals surface area (Å²) >= 11 is 6.08. The van der Waals surface area contributed by atoms with Crippen molar-refractivity contribution in [3.8, 4) is 0 Å². The lowest BCUT2D eigenvalue weighted by Gasteiger charge is -2.20. The maximum absolute atomic E-state index is 6.08. The van der Waals surface area contributed by atoms with Crippen LogP contribution in [0.25, 0.3) is 0 Å². The summed E-state index contributed by atoms with van der Waals surface area (Å²) in [6, 6.07) is 0. The van der Waals surface area contributed by atoms with Gasteiger partial charge in [-0.05, 0) is 0 Å². The molecule has 0 atom stereocenters. The van der Waals surface area contributed by atoms with E-state index in [1.54, 1.807) is 13.3 Å². The highest BCUT2D eigenvalue weighted by Gasteiger charge is 2.22. The van der Waals surface area contributed by atoms with Crippen molar-refractivity contribution in [1.29, 1.82) is 0 Å². The second kappa shape index (κ2) is 4.32. The van der Waals surface area contributed by atoms with Crippen molar-refractivity contribution in [2.75, 3.05) is 13.7 Å². The van der Waals surface area contributed by atoms with Crippen molar-refractivity contribution >= 4 is 11.6 Å². The molecule has 80 valence electrons. The third-order valence-corrected chi connectivity index (χ3v) is 2.29. The topological polar surface area (TPSA) is 27.1 Å². The van der Waals surface area contributed by atoms with Gasteiger partial charge in [0, 0.05) is 12.5 Å². The summed E-state index contributed by atoms with van der Waals surface area (Å²) < 4.78 is 6.93. The van der Waals surface area contributed by atoms with Crippen LogP contribution in [0.15, 0.2) is 6.20 Å². The van der Waals surface area contributed by atoms with Gasteiger partial charge in [0.2, 0.25) is 0 Å². The monoisotopic (exact) mass is 216 g/mol. The van der Waals surface area contributed by atoms with Crippen LogP contribution in [-0.2, 0) is 16.7 Å². The van der Waals surface area contributed by atoms with Gasteiger partial charge in [0.15, 0.2) is 0 Å². The molecule has 1 heterocycles. The molecule has 0 bridgehead atoms. The van der Waals surface area contributed by atoms with Gasteiger partial charge in [-0.3, -0.25) is 4.68 Å². The Morgan fingerprint density at radius 1 is 1.50 bits per heavy atom. The van der Waals surface area contributed by atoms with E-state index in [1.165, 1.54) is 0 Å². The molecule has 0 radical (unpaired) electrons. The Balaban J connectivity index is 2.95. The molecule has 1 aromatic heterocycles. The average molecular weight is 217 g/mol. The van der Waals surface area contributed by atoms with E-state index in [2.05, 4.69) is 25.9 Å². The van der Waals surface area contributed by atoms with Gasteiger partial charge in [-0.1, -0.05) is 32.4 Å². The second-order valence-corrected chi connectivity index (χ2v) is 4.71. The molecule has 1 rings (SSSR count). The number of nitrogens with zero attached hydrogens (tertiary/aromatic N) is 2. The van der Waals surface area contributed by atoms with Crippen LogP contribution in [0.2, 0.25) is 5.02 Å². The Labute approximate surface area is 90.0 Å². The van der Waals surface area contributed by atoms with Crippen LogP contribution < -0.4 is 0 Å². The van der Waals surface area contributed by atoms with Gasteiger partial charge in [-0.25, -0.2) is 0 Å². The van der Waals surface area contributed by atoms with Crippen LogP contribution in [0.4, 0.5) is 0 Å². The number of hydrogen-bond acceptors (Lipinski definition) is 2. The lowest BCUT2D eigenvalue weighted by atomic mass is 9.92. The van der Waals surface area contributed by atoms with Gasteiger partial charge in [-0.15, -0.1) is 0 Å². The standard InChI is InChI=1S/C10H17ClN2O/c1-10(2,3)9-8(11)7-12-13(9)5-6-14-4/h7H,5-6H2,1-4H3.